The fraction of sp³-hybridized carbons (Fsp3) is 0.650. The normalized spacial score (nSPS) is 25.4. The van der Waals surface area contributed by atoms with Crippen LogP contribution in [0.25, 0.3) is 0 Å². The number of ether oxygens (including phenoxy) is 3. The van der Waals surface area contributed by atoms with E-state index in [0.717, 1.165) is 18.4 Å². The molecule has 1 aromatic carbocycles. The molecule has 1 amide bonds. The molecule has 2 fully saturated rings. The van der Waals surface area contributed by atoms with Gasteiger partial charge in [0.2, 0.25) is 11.7 Å². The molecule has 1 aromatic rings. The van der Waals surface area contributed by atoms with Crippen molar-refractivity contribution in [1.29, 1.82) is 0 Å². The van der Waals surface area contributed by atoms with Crippen LogP contribution in [0.5, 0.6) is 17.2 Å². The molecular formula is C20H29NO4. The Morgan fingerprint density at radius 2 is 1.72 bits per heavy atom. The topological polar surface area (TPSA) is 48.0 Å². The van der Waals surface area contributed by atoms with Crippen molar-refractivity contribution in [3.05, 3.63) is 17.7 Å². The fourth-order valence-electron chi connectivity index (χ4n) is 4.64. The average molecular weight is 347 g/mol. The van der Waals surface area contributed by atoms with E-state index in [4.69, 9.17) is 14.2 Å². The van der Waals surface area contributed by atoms with Gasteiger partial charge in [0.15, 0.2) is 11.5 Å². The number of rotatable bonds is 5. The second-order valence-corrected chi connectivity index (χ2v) is 7.21. The molecular weight excluding hydrogens is 318 g/mol. The lowest BCUT2D eigenvalue weighted by Gasteiger charge is -2.33. The average Bonchev–Trinajstić information content (AvgIpc) is 2.96. The lowest BCUT2D eigenvalue weighted by Crippen LogP contribution is -2.43. The minimum absolute atomic E-state index is 0.205. The Morgan fingerprint density at radius 1 is 1.08 bits per heavy atom. The van der Waals surface area contributed by atoms with E-state index in [-0.39, 0.29) is 5.91 Å². The molecule has 1 aliphatic carbocycles. The van der Waals surface area contributed by atoms with Gasteiger partial charge in [0.05, 0.1) is 27.8 Å². The van der Waals surface area contributed by atoms with E-state index in [1.165, 1.54) is 19.3 Å². The van der Waals surface area contributed by atoms with Crippen molar-refractivity contribution in [3.8, 4) is 17.2 Å². The van der Waals surface area contributed by atoms with E-state index in [2.05, 4.69) is 11.8 Å². The number of fused-ring (bicyclic) bond motifs is 1. The first kappa shape index (κ1) is 17.9. The molecule has 1 saturated carbocycles. The van der Waals surface area contributed by atoms with E-state index in [1.54, 1.807) is 21.3 Å². The van der Waals surface area contributed by atoms with Crippen LogP contribution in [0.4, 0.5) is 0 Å². The van der Waals surface area contributed by atoms with Gasteiger partial charge in [-0.25, -0.2) is 0 Å². The van der Waals surface area contributed by atoms with Crippen molar-refractivity contribution in [2.45, 2.75) is 57.5 Å². The summed E-state index contributed by atoms with van der Waals surface area (Å²) in [5.41, 5.74) is 0.894. The standard InChI is InChI=1S/C20H29NO4/c1-13-9-15-7-5-6-8-16(15)21(13)19(22)12-14-10-17(23-2)20(25-4)18(11-14)24-3/h10-11,13,15-16H,5-9,12H2,1-4H3/t13-,15-,16-/m1/s1. The maximum Gasteiger partial charge on any atom is 0.227 e. The molecule has 0 bridgehead atoms. The quantitative estimate of drug-likeness (QED) is 0.819. The first-order valence-electron chi connectivity index (χ1n) is 9.19. The molecule has 0 aromatic heterocycles. The smallest absolute Gasteiger partial charge is 0.227 e. The summed E-state index contributed by atoms with van der Waals surface area (Å²) in [4.78, 5) is 15.2. The van der Waals surface area contributed by atoms with Gasteiger partial charge in [-0.1, -0.05) is 12.8 Å². The Hall–Kier alpha value is -1.91. The van der Waals surface area contributed by atoms with E-state index in [0.29, 0.717) is 41.7 Å². The van der Waals surface area contributed by atoms with Gasteiger partial charge in [0.1, 0.15) is 0 Å². The molecule has 0 unspecified atom stereocenters. The summed E-state index contributed by atoms with van der Waals surface area (Å²) in [6.07, 6.45) is 6.47. The van der Waals surface area contributed by atoms with Crippen molar-refractivity contribution >= 4 is 5.91 Å². The summed E-state index contributed by atoms with van der Waals surface area (Å²) >= 11 is 0. The number of hydrogen-bond acceptors (Lipinski definition) is 4. The van der Waals surface area contributed by atoms with Crippen molar-refractivity contribution in [2.24, 2.45) is 5.92 Å². The van der Waals surface area contributed by atoms with Crippen molar-refractivity contribution in [1.82, 2.24) is 4.90 Å². The van der Waals surface area contributed by atoms with Crippen molar-refractivity contribution in [3.63, 3.8) is 0 Å². The predicted octanol–water partition coefficient (Wildman–Crippen LogP) is 3.43. The molecule has 1 saturated heterocycles. The molecule has 5 nitrogen and oxygen atoms in total. The van der Waals surface area contributed by atoms with Gasteiger partial charge >= 0.3 is 0 Å². The molecule has 0 N–H and O–H groups in total. The Morgan fingerprint density at radius 3 is 2.32 bits per heavy atom. The Bertz CT molecular complexity index is 605. The van der Waals surface area contributed by atoms with Gasteiger partial charge in [-0.3, -0.25) is 4.79 Å². The highest BCUT2D eigenvalue weighted by molar-refractivity contribution is 5.80. The second-order valence-electron chi connectivity index (χ2n) is 7.21. The number of methoxy groups -OCH3 is 3. The number of carbonyl (C=O) groups is 1. The van der Waals surface area contributed by atoms with Crippen LogP contribution >= 0.6 is 0 Å². The minimum atomic E-state index is 0.205. The summed E-state index contributed by atoms with van der Waals surface area (Å²) in [5, 5.41) is 0. The Balaban J connectivity index is 1.80. The lowest BCUT2D eigenvalue weighted by atomic mass is 9.85. The van der Waals surface area contributed by atoms with E-state index in [9.17, 15) is 4.79 Å². The molecule has 0 spiro atoms. The molecule has 1 heterocycles. The Kier molecular flexibility index (Phi) is 5.40. The van der Waals surface area contributed by atoms with Gasteiger partial charge in [-0.15, -0.1) is 0 Å². The van der Waals surface area contributed by atoms with Crippen LogP contribution in [-0.2, 0) is 11.2 Å². The van der Waals surface area contributed by atoms with Gasteiger partial charge in [-0.05, 0) is 49.8 Å². The van der Waals surface area contributed by atoms with Crippen LogP contribution in [0.15, 0.2) is 12.1 Å². The monoisotopic (exact) mass is 347 g/mol. The zero-order valence-electron chi connectivity index (χ0n) is 15.7. The first-order chi connectivity index (χ1) is 12.1. The second kappa shape index (κ2) is 7.54. The highest BCUT2D eigenvalue weighted by Gasteiger charge is 2.42. The van der Waals surface area contributed by atoms with Crippen LogP contribution in [0, 0.1) is 5.92 Å². The molecule has 1 aliphatic heterocycles. The largest absolute Gasteiger partial charge is 0.493 e. The molecule has 3 rings (SSSR count). The molecule has 3 atom stereocenters. The number of nitrogens with zero attached hydrogens (tertiary/aromatic N) is 1. The van der Waals surface area contributed by atoms with Gasteiger partial charge in [0.25, 0.3) is 0 Å². The highest BCUT2D eigenvalue weighted by Crippen LogP contribution is 2.41. The van der Waals surface area contributed by atoms with Gasteiger partial charge in [0, 0.05) is 12.1 Å². The van der Waals surface area contributed by atoms with Crippen LogP contribution in [0.2, 0.25) is 0 Å². The van der Waals surface area contributed by atoms with E-state index in [1.807, 2.05) is 12.1 Å². The number of hydrogen-bond donors (Lipinski definition) is 0. The van der Waals surface area contributed by atoms with Gasteiger partial charge in [-0.2, -0.15) is 0 Å². The Labute approximate surface area is 150 Å². The summed E-state index contributed by atoms with van der Waals surface area (Å²) < 4.78 is 16.2. The summed E-state index contributed by atoms with van der Waals surface area (Å²) in [6, 6.07) is 4.51. The highest BCUT2D eigenvalue weighted by atomic mass is 16.5. The molecule has 2 aliphatic rings. The maximum absolute atomic E-state index is 13.0. The molecule has 138 valence electrons. The summed E-state index contributed by atoms with van der Waals surface area (Å²) in [6.45, 7) is 2.19. The number of carbonyl (C=O) groups excluding carboxylic acids is 1. The van der Waals surface area contributed by atoms with Gasteiger partial charge < -0.3 is 19.1 Å². The van der Waals surface area contributed by atoms with E-state index >= 15 is 0 Å². The number of amides is 1. The summed E-state index contributed by atoms with van der Waals surface area (Å²) in [7, 11) is 4.77. The van der Waals surface area contributed by atoms with Crippen LogP contribution in [0.3, 0.4) is 0 Å². The van der Waals surface area contributed by atoms with Crippen LogP contribution < -0.4 is 14.2 Å². The third-order valence-corrected chi connectivity index (χ3v) is 5.71. The first-order valence-corrected chi connectivity index (χ1v) is 9.19. The lowest BCUT2D eigenvalue weighted by molar-refractivity contribution is -0.133. The minimum Gasteiger partial charge on any atom is -0.493 e. The predicted molar refractivity (Wildman–Crippen MR) is 96.5 cm³/mol. The molecule has 5 heteroatoms. The number of benzene rings is 1. The molecule has 25 heavy (non-hydrogen) atoms. The van der Waals surface area contributed by atoms with E-state index < -0.39 is 0 Å². The third-order valence-electron chi connectivity index (χ3n) is 5.71. The van der Waals surface area contributed by atoms with Crippen molar-refractivity contribution in [2.75, 3.05) is 21.3 Å². The molecule has 0 radical (unpaired) electrons. The summed E-state index contributed by atoms with van der Waals surface area (Å²) in [5.74, 6) is 2.64. The zero-order chi connectivity index (χ0) is 18.0. The zero-order valence-corrected chi connectivity index (χ0v) is 15.7. The SMILES string of the molecule is COc1cc(CC(=O)N2[C@H](C)C[C@H]3CCCC[C@H]32)cc(OC)c1OC. The maximum atomic E-state index is 13.0. The fourth-order valence-corrected chi connectivity index (χ4v) is 4.64. The van der Waals surface area contributed by atoms with Crippen molar-refractivity contribution < 1.29 is 19.0 Å². The van der Waals surface area contributed by atoms with Crippen LogP contribution in [0.1, 0.15) is 44.6 Å². The third kappa shape index (κ3) is 3.42. The van der Waals surface area contributed by atoms with Crippen LogP contribution in [-0.4, -0.2) is 44.2 Å². The number of likely N-dealkylation sites (tertiary alicyclic amines) is 1.